The molecule has 0 aromatic heterocycles. The van der Waals surface area contributed by atoms with Gasteiger partial charge < -0.3 is 53.5 Å². The number of anilines is 1. The average Bonchev–Trinajstić information content (AvgIpc) is 1.54. The van der Waals surface area contributed by atoms with Crippen LogP contribution in [0.25, 0.3) is 21.5 Å². The number of aromatic hydroxyl groups is 1. The van der Waals surface area contributed by atoms with E-state index in [1.165, 1.54) is 52.0 Å². The van der Waals surface area contributed by atoms with Crippen molar-refractivity contribution in [2.75, 3.05) is 60.7 Å². The predicted molar refractivity (Wildman–Crippen MR) is 394 cm³/mol. The number of ether oxygens (including phenoxy) is 9. The lowest BCUT2D eigenvalue weighted by Gasteiger charge is -2.60. The highest BCUT2D eigenvalue weighted by Gasteiger charge is 2.61. The molecule has 4 bridgehead atoms. The normalized spacial score (nSPS) is 23.4. The standard InChI is InChI=1S/C42H39N5O9.C40H35N5O10/c1-18-10-23-12-28-30(15-43)47-29(35(45(28)5)33(23)40(36(18)52-6)56-21(4)49)14-26-34(39-38(53-17-54-39)19(2)37(26)55-20(3)48)31(47)16-46-41(50)25-9-7-8-22-11-24(44)13-27(32(22)25)42(46)51;1-17-9-21-11-26-28(14-41)44-27(33(42(26)4)31(21)34(47)35(17)52-5)13-24-32(38-37(53-16-54-38)18(2)36(24)55-19(3)46)29(44)15-43-39(48)23-8-6-7-20-10-22(45(50)51)12-25(30(20)23)40(43)49/h7-11,13,28-31,35H,12,14,16-17,44H2,1-6H3;6-10,12,26-29,33,47H,11,13,15-16H2,1-5H3/t28-,29?,30?,31-,35-;26-,27?,28?,29-,33-/m00/s1. The molecule has 566 valence electrons. The number of piperazine rings is 2. The van der Waals surface area contributed by atoms with E-state index in [0.29, 0.717) is 130 Å². The Kier molecular flexibility index (Phi) is 16.8. The van der Waals surface area contributed by atoms with Crippen LogP contribution in [-0.4, -0.2) is 172 Å². The molecule has 0 spiro atoms. The van der Waals surface area contributed by atoms with Gasteiger partial charge >= 0.3 is 17.9 Å². The van der Waals surface area contributed by atoms with E-state index < -0.39 is 94.8 Å². The topological polar surface area (TPSA) is 359 Å². The zero-order valence-electron chi connectivity index (χ0n) is 62.3. The lowest BCUT2D eigenvalue weighted by atomic mass is 9.71. The molecule has 2 saturated heterocycles. The van der Waals surface area contributed by atoms with Gasteiger partial charge in [-0.15, -0.1) is 0 Å². The molecule has 29 nitrogen and oxygen atoms in total. The van der Waals surface area contributed by atoms with Gasteiger partial charge in [0.2, 0.25) is 13.6 Å². The Hall–Kier alpha value is -12.4. The fraction of sp³-hybridized carbons (Fsp3) is 0.354. The minimum atomic E-state index is -0.925. The van der Waals surface area contributed by atoms with Crippen molar-refractivity contribution in [3.05, 3.63) is 172 Å². The van der Waals surface area contributed by atoms with E-state index in [-0.39, 0.29) is 85.7 Å². The minimum absolute atomic E-state index is 0.00898. The number of aryl methyl sites for hydroxylation is 2. The number of nitro benzene ring substituents is 1. The third kappa shape index (κ3) is 10.5. The number of nitrogen functional groups attached to an aromatic ring is 1. The number of amides is 4. The van der Waals surface area contributed by atoms with Crippen molar-refractivity contribution < 1.29 is 86.2 Å². The molecular formula is C82H74N10O19. The Morgan fingerprint density at radius 3 is 1.43 bits per heavy atom. The summed E-state index contributed by atoms with van der Waals surface area (Å²) in [6.45, 7) is 10.5. The number of rotatable bonds is 10. The molecule has 4 amide bonds. The second-order valence-electron chi connectivity index (χ2n) is 29.8. The van der Waals surface area contributed by atoms with Crippen LogP contribution in [0.2, 0.25) is 0 Å². The molecule has 10 heterocycles. The van der Waals surface area contributed by atoms with Crippen LogP contribution in [0.4, 0.5) is 11.4 Å². The zero-order valence-corrected chi connectivity index (χ0v) is 62.3. The third-order valence-corrected chi connectivity index (χ3v) is 24.0. The molecule has 3 N–H and O–H groups in total. The third-order valence-electron chi connectivity index (χ3n) is 24.0. The number of phenols is 1. The SMILES string of the molecule is COc1c(C)cc2c(c1O)[C@@H]1C3Cc4c(OC(C)=O)c(C)c5c(c4[C@H](CN4C(=O)c6cccc7cc([N+](=O)[O-])cc(c67)C4=O)N3C(C#N)[C@H](C2)N1C)OCO5.COc1c(C)cc2c(c1OC(C)=O)[C@@H]1C3Cc4c(OC(C)=O)c(C)c5c(c4[C@H](CN4C(=O)c6cccc7cc(N)cc(c67)C4=O)N3C(C#N)[C@H](C2)N1C)OCO5. The van der Waals surface area contributed by atoms with Crippen molar-refractivity contribution in [3.8, 4) is 69.6 Å². The van der Waals surface area contributed by atoms with Crippen molar-refractivity contribution in [1.29, 1.82) is 10.5 Å². The molecule has 0 radical (unpaired) electrons. The molecule has 10 aliphatic heterocycles. The van der Waals surface area contributed by atoms with Crippen LogP contribution < -0.4 is 48.4 Å². The first kappa shape index (κ1) is 71.5. The van der Waals surface area contributed by atoms with Crippen molar-refractivity contribution in [1.82, 2.24) is 29.4 Å². The van der Waals surface area contributed by atoms with Crippen molar-refractivity contribution in [3.63, 3.8) is 0 Å². The van der Waals surface area contributed by atoms with E-state index in [9.17, 15) is 59.3 Å². The molecule has 29 heteroatoms. The van der Waals surface area contributed by atoms with Crippen molar-refractivity contribution >= 4 is 74.5 Å². The summed E-state index contributed by atoms with van der Waals surface area (Å²) in [4.78, 5) is 118. The number of imide groups is 2. The van der Waals surface area contributed by atoms with Crippen LogP contribution >= 0.6 is 0 Å². The van der Waals surface area contributed by atoms with E-state index in [1.54, 1.807) is 56.3 Å². The van der Waals surface area contributed by atoms with Crippen LogP contribution in [0.1, 0.15) is 153 Å². The Bertz CT molecular complexity index is 5690. The Morgan fingerprint density at radius 1 is 0.550 bits per heavy atom. The molecule has 10 atom stereocenters. The van der Waals surface area contributed by atoms with E-state index in [4.69, 9.17) is 48.4 Å². The number of fused-ring (bicyclic) bond motifs is 18. The summed E-state index contributed by atoms with van der Waals surface area (Å²) in [5, 5.41) is 48.0. The van der Waals surface area contributed by atoms with E-state index in [1.807, 2.05) is 51.0 Å². The summed E-state index contributed by atoms with van der Waals surface area (Å²) < 4.78 is 53.6. The molecule has 10 aliphatic rings. The first-order valence-corrected chi connectivity index (χ1v) is 36.3. The van der Waals surface area contributed by atoms with Crippen LogP contribution in [0.15, 0.2) is 72.8 Å². The summed E-state index contributed by atoms with van der Waals surface area (Å²) in [6, 6.07) is 18.9. The largest absolute Gasteiger partial charge is 0.504 e. The number of likely N-dealkylation sites (N-methyl/N-ethyl adjacent to an activating group) is 2. The first-order chi connectivity index (χ1) is 53.2. The number of esters is 3. The van der Waals surface area contributed by atoms with Gasteiger partial charge in [-0.2, -0.15) is 10.5 Å². The van der Waals surface area contributed by atoms with Gasteiger partial charge in [-0.25, -0.2) is 0 Å². The molecule has 8 aromatic carbocycles. The summed E-state index contributed by atoms with van der Waals surface area (Å²) in [7, 11) is 6.88. The number of hydrogen-bond acceptors (Lipinski definition) is 26. The van der Waals surface area contributed by atoms with Crippen LogP contribution in [0, 0.1) is 60.5 Å². The van der Waals surface area contributed by atoms with Crippen molar-refractivity contribution in [2.24, 2.45) is 0 Å². The highest BCUT2D eigenvalue weighted by atomic mass is 16.7. The highest BCUT2D eigenvalue weighted by molar-refractivity contribution is 6.27. The number of nitro groups is 1. The van der Waals surface area contributed by atoms with Gasteiger partial charge in [-0.1, -0.05) is 36.4 Å². The van der Waals surface area contributed by atoms with Gasteiger partial charge in [0, 0.05) is 142 Å². The molecule has 0 aliphatic carbocycles. The maximum Gasteiger partial charge on any atom is 0.308 e. The fourth-order valence-corrected chi connectivity index (χ4v) is 19.9. The molecule has 4 unspecified atom stereocenters. The maximum absolute atomic E-state index is 14.6. The number of phenolic OH excluding ortho intramolecular Hbond substituents is 1. The van der Waals surface area contributed by atoms with E-state index in [0.717, 1.165) is 32.7 Å². The molecular weight excluding hydrogens is 1430 g/mol. The number of benzene rings is 8. The zero-order chi connectivity index (χ0) is 78.3. The minimum Gasteiger partial charge on any atom is -0.504 e. The van der Waals surface area contributed by atoms with Crippen LogP contribution in [-0.2, 0) is 40.1 Å². The van der Waals surface area contributed by atoms with E-state index >= 15 is 0 Å². The van der Waals surface area contributed by atoms with Crippen LogP contribution in [0.5, 0.6) is 57.5 Å². The lowest BCUT2D eigenvalue weighted by molar-refractivity contribution is -0.384. The van der Waals surface area contributed by atoms with Gasteiger partial charge in [-0.3, -0.25) is 73.1 Å². The number of nitrogens with zero attached hydrogens (tertiary/aromatic N) is 9. The first-order valence-electron chi connectivity index (χ1n) is 36.3. The summed E-state index contributed by atoms with van der Waals surface area (Å²) in [5.74, 6) is -0.945. The molecule has 2 fully saturated rings. The Labute approximate surface area is 634 Å². The molecule has 111 heavy (non-hydrogen) atoms. The Morgan fingerprint density at radius 2 is 0.973 bits per heavy atom. The number of carbonyl (C=O) groups is 7. The number of carbonyl (C=O) groups excluding carboxylic acids is 7. The summed E-state index contributed by atoms with van der Waals surface area (Å²) in [6.07, 6.45) is 1.31. The number of methoxy groups -OCH3 is 2. The number of nitriles is 2. The van der Waals surface area contributed by atoms with E-state index in [2.05, 4.69) is 26.8 Å². The van der Waals surface area contributed by atoms with Gasteiger partial charge in [0.05, 0.1) is 66.6 Å². The molecule has 8 aromatic rings. The quantitative estimate of drug-likeness (QED) is 0.0321. The smallest absolute Gasteiger partial charge is 0.308 e. The number of hydrogen-bond donors (Lipinski definition) is 2. The monoisotopic (exact) mass is 1500 g/mol. The summed E-state index contributed by atoms with van der Waals surface area (Å²) >= 11 is 0. The molecule has 18 rings (SSSR count). The summed E-state index contributed by atoms with van der Waals surface area (Å²) in [5.41, 5.74) is 15.3. The van der Waals surface area contributed by atoms with Crippen molar-refractivity contribution in [2.45, 2.75) is 135 Å². The molecule has 0 saturated carbocycles. The van der Waals surface area contributed by atoms with Gasteiger partial charge in [0.25, 0.3) is 29.3 Å². The second kappa shape index (κ2) is 26.2. The lowest BCUT2D eigenvalue weighted by Crippen LogP contribution is -2.69. The Balaban J connectivity index is 0.000000161. The predicted octanol–water partition coefficient (Wildman–Crippen LogP) is 9.49. The number of non-ortho nitro benzene ring substituents is 1. The highest BCUT2D eigenvalue weighted by Crippen LogP contribution is 2.62. The van der Waals surface area contributed by atoms with Gasteiger partial charge in [-0.05, 0) is 125 Å². The van der Waals surface area contributed by atoms with Crippen LogP contribution in [0.3, 0.4) is 0 Å². The average molecular weight is 1500 g/mol. The fourth-order valence-electron chi connectivity index (χ4n) is 19.9. The second-order valence-corrected chi connectivity index (χ2v) is 29.8. The van der Waals surface area contributed by atoms with Gasteiger partial charge in [0.15, 0.2) is 46.0 Å². The maximum atomic E-state index is 14.6. The number of nitrogens with two attached hydrogens (primary N) is 1. The van der Waals surface area contributed by atoms with Gasteiger partial charge in [0.1, 0.15) is 23.6 Å².